The number of benzene rings is 1. The summed E-state index contributed by atoms with van der Waals surface area (Å²) in [5, 5.41) is 11.7. The molecule has 1 aromatic carbocycles. The Balaban J connectivity index is 2.45. The minimum absolute atomic E-state index is 0.0379. The van der Waals surface area contributed by atoms with Crippen LogP contribution in [0.15, 0.2) is 18.2 Å². The molecule has 0 radical (unpaired) electrons. The molecule has 2 N–H and O–H groups in total. The van der Waals surface area contributed by atoms with E-state index in [1.165, 1.54) is 18.2 Å². The van der Waals surface area contributed by atoms with Crippen LogP contribution in [0.2, 0.25) is 5.02 Å². The van der Waals surface area contributed by atoms with Gasteiger partial charge in [0.25, 0.3) is 6.43 Å². The predicted molar refractivity (Wildman–Crippen MR) is 55.1 cm³/mol. The maximum atomic E-state index is 13.1. The number of rotatable bonds is 5. The van der Waals surface area contributed by atoms with Crippen LogP contribution in [0.1, 0.15) is 5.56 Å². The minimum Gasteiger partial charge on any atom is -0.386 e. The van der Waals surface area contributed by atoms with Gasteiger partial charge in [0.1, 0.15) is 11.9 Å². The molecule has 1 aromatic rings. The van der Waals surface area contributed by atoms with E-state index in [0.717, 1.165) is 0 Å². The number of hydrogen-bond donors (Lipinski definition) is 2. The Morgan fingerprint density at radius 2 is 2.06 bits per heavy atom. The van der Waals surface area contributed by atoms with Crippen molar-refractivity contribution in [2.75, 3.05) is 6.54 Å². The quantitative estimate of drug-likeness (QED) is 0.843. The van der Waals surface area contributed by atoms with E-state index in [9.17, 15) is 13.2 Å². The van der Waals surface area contributed by atoms with Gasteiger partial charge in [-0.2, -0.15) is 0 Å². The van der Waals surface area contributed by atoms with E-state index in [1.54, 1.807) is 0 Å². The van der Waals surface area contributed by atoms with Crippen molar-refractivity contribution in [3.63, 3.8) is 0 Å². The van der Waals surface area contributed by atoms with Crippen LogP contribution in [0.5, 0.6) is 0 Å². The Labute approximate surface area is 96.0 Å². The molecule has 0 aliphatic carbocycles. The van der Waals surface area contributed by atoms with Crippen molar-refractivity contribution in [1.82, 2.24) is 5.32 Å². The van der Waals surface area contributed by atoms with Crippen molar-refractivity contribution in [2.45, 2.75) is 19.1 Å². The van der Waals surface area contributed by atoms with Crippen molar-refractivity contribution < 1.29 is 18.3 Å². The van der Waals surface area contributed by atoms with Gasteiger partial charge in [0.05, 0.1) is 0 Å². The molecule has 1 rings (SSSR count). The van der Waals surface area contributed by atoms with E-state index in [1.807, 2.05) is 0 Å². The Morgan fingerprint density at radius 1 is 1.38 bits per heavy atom. The molecule has 1 unspecified atom stereocenters. The molecule has 0 aliphatic heterocycles. The van der Waals surface area contributed by atoms with Crippen LogP contribution >= 0.6 is 11.6 Å². The summed E-state index contributed by atoms with van der Waals surface area (Å²) in [6, 6.07) is 4.00. The fourth-order valence-corrected chi connectivity index (χ4v) is 1.32. The summed E-state index contributed by atoms with van der Waals surface area (Å²) < 4.78 is 37.0. The zero-order chi connectivity index (χ0) is 12.1. The van der Waals surface area contributed by atoms with Crippen LogP contribution in [0.3, 0.4) is 0 Å². The number of aliphatic hydroxyl groups excluding tert-OH is 1. The molecule has 0 amide bonds. The highest BCUT2D eigenvalue weighted by molar-refractivity contribution is 6.30. The van der Waals surface area contributed by atoms with Crippen LogP contribution in [0.4, 0.5) is 13.2 Å². The third-order valence-corrected chi connectivity index (χ3v) is 2.20. The highest BCUT2D eigenvalue weighted by Crippen LogP contribution is 2.14. The summed E-state index contributed by atoms with van der Waals surface area (Å²) in [6.07, 6.45) is -4.56. The minimum atomic E-state index is -2.81. The fourth-order valence-electron chi connectivity index (χ4n) is 1.12. The maximum absolute atomic E-state index is 13.1. The van der Waals surface area contributed by atoms with Gasteiger partial charge in [0.15, 0.2) is 0 Å². The number of alkyl halides is 2. The first-order valence-electron chi connectivity index (χ1n) is 4.61. The van der Waals surface area contributed by atoms with E-state index >= 15 is 0 Å². The highest BCUT2D eigenvalue weighted by atomic mass is 35.5. The van der Waals surface area contributed by atoms with Gasteiger partial charge in [-0.15, -0.1) is 0 Å². The second-order valence-electron chi connectivity index (χ2n) is 3.27. The van der Waals surface area contributed by atoms with Gasteiger partial charge in [-0.1, -0.05) is 11.6 Å². The number of aliphatic hydroxyl groups is 1. The van der Waals surface area contributed by atoms with Crippen molar-refractivity contribution in [1.29, 1.82) is 0 Å². The number of hydrogen-bond acceptors (Lipinski definition) is 2. The first kappa shape index (κ1) is 13.3. The molecule has 0 aromatic heterocycles. The smallest absolute Gasteiger partial charge is 0.265 e. The second kappa shape index (κ2) is 6.08. The second-order valence-corrected chi connectivity index (χ2v) is 3.70. The van der Waals surface area contributed by atoms with Crippen molar-refractivity contribution in [3.05, 3.63) is 34.6 Å². The van der Waals surface area contributed by atoms with Crippen molar-refractivity contribution >= 4 is 11.6 Å². The molecule has 90 valence electrons. The molecule has 0 saturated heterocycles. The van der Waals surface area contributed by atoms with Crippen LogP contribution in [-0.4, -0.2) is 24.2 Å². The molecular formula is C10H11ClF3NO. The van der Waals surface area contributed by atoms with Gasteiger partial charge in [-0.3, -0.25) is 0 Å². The van der Waals surface area contributed by atoms with Crippen LogP contribution in [-0.2, 0) is 6.54 Å². The van der Waals surface area contributed by atoms with Gasteiger partial charge in [-0.25, -0.2) is 13.2 Å². The normalized spacial score (nSPS) is 13.1. The Bertz CT molecular complexity index is 349. The van der Waals surface area contributed by atoms with Crippen LogP contribution < -0.4 is 5.32 Å². The lowest BCUT2D eigenvalue weighted by Gasteiger charge is -2.11. The van der Waals surface area contributed by atoms with E-state index in [-0.39, 0.29) is 18.7 Å². The Kier molecular flexibility index (Phi) is 5.05. The Morgan fingerprint density at radius 3 is 2.69 bits per heavy atom. The molecule has 0 aliphatic rings. The molecular weight excluding hydrogens is 243 g/mol. The monoisotopic (exact) mass is 253 g/mol. The largest absolute Gasteiger partial charge is 0.386 e. The topological polar surface area (TPSA) is 32.3 Å². The zero-order valence-electron chi connectivity index (χ0n) is 8.26. The van der Waals surface area contributed by atoms with Crippen LogP contribution in [0, 0.1) is 5.82 Å². The number of halogens is 4. The highest BCUT2D eigenvalue weighted by Gasteiger charge is 2.15. The maximum Gasteiger partial charge on any atom is 0.265 e. The van der Waals surface area contributed by atoms with Gasteiger partial charge in [-0.05, 0) is 18.2 Å². The first-order valence-corrected chi connectivity index (χ1v) is 4.99. The molecule has 16 heavy (non-hydrogen) atoms. The summed E-state index contributed by atoms with van der Waals surface area (Å²) in [7, 11) is 0. The van der Waals surface area contributed by atoms with E-state index in [0.29, 0.717) is 5.02 Å². The molecule has 0 heterocycles. The van der Waals surface area contributed by atoms with E-state index < -0.39 is 18.3 Å². The molecule has 6 heteroatoms. The lowest BCUT2D eigenvalue weighted by molar-refractivity contribution is -0.00343. The lowest BCUT2D eigenvalue weighted by atomic mass is 10.2. The van der Waals surface area contributed by atoms with Gasteiger partial charge in [0, 0.05) is 23.7 Å². The summed E-state index contributed by atoms with van der Waals surface area (Å²) in [6.45, 7) is -0.264. The Hall–Kier alpha value is -0.780. The van der Waals surface area contributed by atoms with Crippen molar-refractivity contribution in [3.8, 4) is 0 Å². The van der Waals surface area contributed by atoms with Gasteiger partial charge >= 0.3 is 0 Å². The summed E-state index contributed by atoms with van der Waals surface area (Å²) in [4.78, 5) is 0. The summed E-state index contributed by atoms with van der Waals surface area (Å²) in [5.41, 5.74) is 0.272. The fraction of sp³-hybridized carbons (Fsp3) is 0.400. The number of nitrogens with one attached hydrogen (secondary N) is 1. The SMILES string of the molecule is OC(CNCc1cc(Cl)ccc1F)C(F)F. The summed E-state index contributed by atoms with van der Waals surface area (Å²) >= 11 is 5.64. The molecule has 1 atom stereocenters. The lowest BCUT2D eigenvalue weighted by Crippen LogP contribution is -2.31. The molecule has 0 spiro atoms. The summed E-state index contributed by atoms with van der Waals surface area (Å²) in [5.74, 6) is -0.469. The van der Waals surface area contributed by atoms with Crippen molar-refractivity contribution in [2.24, 2.45) is 0 Å². The van der Waals surface area contributed by atoms with E-state index in [4.69, 9.17) is 16.7 Å². The van der Waals surface area contributed by atoms with Crippen LogP contribution in [0.25, 0.3) is 0 Å². The predicted octanol–water partition coefficient (Wildman–Crippen LogP) is 2.19. The van der Waals surface area contributed by atoms with E-state index in [2.05, 4.69) is 5.32 Å². The van der Waals surface area contributed by atoms with Gasteiger partial charge < -0.3 is 10.4 Å². The third-order valence-electron chi connectivity index (χ3n) is 1.97. The third kappa shape index (κ3) is 4.00. The molecule has 0 fully saturated rings. The standard InChI is InChI=1S/C10H11ClF3NO/c11-7-1-2-8(12)6(3-7)4-15-5-9(16)10(13)14/h1-3,9-10,15-16H,4-5H2. The average molecular weight is 254 g/mol. The molecule has 0 saturated carbocycles. The van der Waals surface area contributed by atoms with Gasteiger partial charge in [0.2, 0.25) is 0 Å². The molecule has 2 nitrogen and oxygen atoms in total. The average Bonchev–Trinajstić information content (AvgIpc) is 2.22. The zero-order valence-corrected chi connectivity index (χ0v) is 9.02. The first-order chi connectivity index (χ1) is 7.50. The molecule has 0 bridgehead atoms.